The Morgan fingerprint density at radius 3 is 1.96 bits per heavy atom. The fraction of sp³-hybridized carbons (Fsp3) is 0.233. The van der Waals surface area contributed by atoms with Crippen molar-refractivity contribution in [3.8, 4) is 33.6 Å². The van der Waals surface area contributed by atoms with Crippen molar-refractivity contribution in [1.82, 2.24) is 40.4 Å². The van der Waals surface area contributed by atoms with Crippen LogP contribution in [-0.4, -0.2) is 86.6 Å². The van der Waals surface area contributed by atoms with Gasteiger partial charge in [0.05, 0.1) is 57.1 Å². The normalized spacial score (nSPS) is 11.4. The Labute approximate surface area is 329 Å². The zero-order chi connectivity index (χ0) is 40.3. The van der Waals surface area contributed by atoms with Gasteiger partial charge < -0.3 is 35.1 Å². The highest BCUT2D eigenvalue weighted by Gasteiger charge is 2.28. The molecule has 0 aliphatic heterocycles. The van der Waals surface area contributed by atoms with Gasteiger partial charge >= 0.3 is 6.09 Å². The molecule has 6 aromatic rings. The van der Waals surface area contributed by atoms with Crippen molar-refractivity contribution < 1.29 is 28.7 Å². The van der Waals surface area contributed by atoms with Crippen molar-refractivity contribution in [3.63, 3.8) is 0 Å². The van der Waals surface area contributed by atoms with E-state index in [1.165, 1.54) is 18.9 Å². The highest BCUT2D eigenvalue weighted by atomic mass is 16.5. The van der Waals surface area contributed by atoms with E-state index < -0.39 is 12.1 Å². The third-order valence-electron chi connectivity index (χ3n) is 9.35. The molecule has 0 bridgehead atoms. The zero-order valence-electron chi connectivity index (χ0n) is 32.0. The monoisotopic (exact) mass is 768 g/mol. The Balaban J connectivity index is 1.13. The number of hydrogen-bond donors (Lipinski definition) is 4. The summed E-state index contributed by atoms with van der Waals surface area (Å²) in [5.74, 6) is 0.321. The lowest BCUT2D eigenvalue weighted by Crippen LogP contribution is -2.43. The predicted molar refractivity (Wildman–Crippen MR) is 215 cm³/mol. The van der Waals surface area contributed by atoms with Crippen LogP contribution in [0.3, 0.4) is 0 Å². The van der Waals surface area contributed by atoms with Crippen LogP contribution in [0.2, 0.25) is 0 Å². The van der Waals surface area contributed by atoms with Crippen LogP contribution in [0.4, 0.5) is 4.79 Å². The number of aromatic nitrogens is 4. The van der Waals surface area contributed by atoms with E-state index >= 15 is 0 Å². The summed E-state index contributed by atoms with van der Waals surface area (Å²) in [7, 11) is 1.27. The third-order valence-corrected chi connectivity index (χ3v) is 9.35. The average molecular weight is 769 g/mol. The van der Waals surface area contributed by atoms with E-state index in [2.05, 4.69) is 67.0 Å². The molecule has 0 radical (unpaired) electrons. The minimum absolute atomic E-state index is 0.0853. The number of fused-ring (bicyclic) bond motifs is 1. The van der Waals surface area contributed by atoms with Crippen molar-refractivity contribution in [1.29, 1.82) is 0 Å². The van der Waals surface area contributed by atoms with Gasteiger partial charge in [-0.25, -0.2) is 14.8 Å². The Bertz CT molecular complexity index is 2350. The van der Waals surface area contributed by atoms with E-state index in [4.69, 9.17) is 4.74 Å². The maximum atomic E-state index is 13.8. The molecule has 57 heavy (non-hydrogen) atoms. The van der Waals surface area contributed by atoms with E-state index in [-0.39, 0.29) is 43.8 Å². The number of amides is 4. The van der Waals surface area contributed by atoms with Gasteiger partial charge in [0.1, 0.15) is 23.5 Å². The van der Waals surface area contributed by atoms with Crippen LogP contribution >= 0.6 is 0 Å². The Kier molecular flexibility index (Phi) is 12.8. The molecule has 4 amide bonds. The molecule has 0 saturated carbocycles. The fourth-order valence-electron chi connectivity index (χ4n) is 6.55. The maximum Gasteiger partial charge on any atom is 0.407 e. The summed E-state index contributed by atoms with van der Waals surface area (Å²) in [6.45, 7) is 3.91. The van der Waals surface area contributed by atoms with Crippen LogP contribution in [0.15, 0.2) is 103 Å². The number of hydrogen-bond acceptors (Lipinski definition) is 8. The number of methoxy groups -OCH3 is 1. The van der Waals surface area contributed by atoms with Crippen molar-refractivity contribution in [2.24, 2.45) is 0 Å². The minimum Gasteiger partial charge on any atom is -0.453 e. The third kappa shape index (κ3) is 9.97. The maximum absolute atomic E-state index is 13.8. The average Bonchev–Trinajstić information content (AvgIpc) is 3.91. The molecule has 14 heteroatoms. The van der Waals surface area contributed by atoms with E-state index in [1.807, 2.05) is 49.4 Å². The molecule has 4 N–H and O–H groups in total. The van der Waals surface area contributed by atoms with Gasteiger partial charge in [-0.1, -0.05) is 85.8 Å². The second kappa shape index (κ2) is 18.5. The van der Waals surface area contributed by atoms with Crippen LogP contribution in [0.5, 0.6) is 0 Å². The number of nitrogens with one attached hydrogen (secondary N) is 4. The quantitative estimate of drug-likeness (QED) is 0.0842. The number of imidazole rings is 2. The molecule has 4 aromatic carbocycles. The van der Waals surface area contributed by atoms with Gasteiger partial charge in [0.2, 0.25) is 18.2 Å². The number of carbonyl (C=O) groups is 5. The van der Waals surface area contributed by atoms with Gasteiger partial charge in [-0.15, -0.1) is 0 Å². The van der Waals surface area contributed by atoms with Crippen LogP contribution in [0.25, 0.3) is 44.4 Å². The van der Waals surface area contributed by atoms with Gasteiger partial charge in [0, 0.05) is 12.1 Å². The number of H-pyrrole nitrogens is 2. The van der Waals surface area contributed by atoms with Gasteiger partial charge in [-0.05, 0) is 58.5 Å². The van der Waals surface area contributed by atoms with Gasteiger partial charge in [-0.2, -0.15) is 0 Å². The first-order chi connectivity index (χ1) is 27.6. The molecule has 6 rings (SSSR count). The number of ketones is 1. The summed E-state index contributed by atoms with van der Waals surface area (Å²) in [5.41, 5.74) is 6.19. The minimum atomic E-state index is -0.908. The fourth-order valence-corrected chi connectivity index (χ4v) is 6.55. The molecule has 1 unspecified atom stereocenters. The molecule has 14 nitrogen and oxygen atoms in total. The number of nitrogens with zero attached hydrogens (tertiary/aromatic N) is 4. The molecular weight excluding hydrogens is 725 g/mol. The van der Waals surface area contributed by atoms with Crippen LogP contribution < -0.4 is 10.6 Å². The summed E-state index contributed by atoms with van der Waals surface area (Å²) < 4.78 is 4.80. The number of alkyl carbamates (subject to hydrolysis) is 1. The second-order valence-electron chi connectivity index (χ2n) is 13.5. The topological polar surface area (TPSA) is 182 Å². The highest BCUT2D eigenvalue weighted by Crippen LogP contribution is 2.30. The van der Waals surface area contributed by atoms with E-state index in [0.29, 0.717) is 30.2 Å². The zero-order valence-corrected chi connectivity index (χ0v) is 32.0. The standard InChI is InChI=1S/C43H44N8O6/c1-4-18-50(42(55)41(49-43(56)57-3)31-8-6-5-7-9-31)25-38-45-21-36(47-38)30-12-10-29(11-13-30)32-14-15-34-20-35(17-16-33(34)19-32)37-22-46-39(48-37)26-51(24-28(2)53)40(54)23-44-27-52/h5-17,19-22,27,41H,4,18,23-26H2,1-3H3,(H,44,52)(H,45,47)(H,46,48)(H,49,56). The molecule has 1 atom stereocenters. The van der Waals surface area contributed by atoms with Crippen molar-refractivity contribution in [3.05, 3.63) is 121 Å². The highest BCUT2D eigenvalue weighted by molar-refractivity contribution is 5.91. The van der Waals surface area contributed by atoms with Crippen molar-refractivity contribution in [2.45, 2.75) is 39.4 Å². The number of ether oxygens (including phenoxy) is 1. The van der Waals surface area contributed by atoms with Crippen LogP contribution in [0.1, 0.15) is 43.5 Å². The summed E-state index contributed by atoms with van der Waals surface area (Å²) in [4.78, 5) is 79.6. The summed E-state index contributed by atoms with van der Waals surface area (Å²) in [6, 6.07) is 28.7. The lowest BCUT2D eigenvalue weighted by Gasteiger charge is -2.27. The summed E-state index contributed by atoms with van der Waals surface area (Å²) in [6.07, 6.45) is 3.93. The van der Waals surface area contributed by atoms with Gasteiger partial charge in [0.25, 0.3) is 0 Å². The lowest BCUT2D eigenvalue weighted by atomic mass is 9.98. The van der Waals surface area contributed by atoms with E-state index in [1.54, 1.807) is 29.4 Å². The Morgan fingerprint density at radius 2 is 1.35 bits per heavy atom. The van der Waals surface area contributed by atoms with E-state index in [0.717, 1.165) is 50.8 Å². The van der Waals surface area contributed by atoms with Crippen molar-refractivity contribution >= 4 is 40.9 Å². The lowest BCUT2D eigenvalue weighted by molar-refractivity contribution is -0.135. The molecule has 0 aliphatic rings. The molecule has 0 saturated heterocycles. The molecule has 2 heterocycles. The summed E-state index contributed by atoms with van der Waals surface area (Å²) >= 11 is 0. The molecule has 2 aromatic heterocycles. The van der Waals surface area contributed by atoms with E-state index in [9.17, 15) is 24.0 Å². The number of aromatic amines is 2. The smallest absolute Gasteiger partial charge is 0.407 e. The van der Waals surface area contributed by atoms with Crippen LogP contribution in [-0.2, 0) is 37.0 Å². The number of carbonyl (C=O) groups excluding carboxylic acids is 5. The summed E-state index contributed by atoms with van der Waals surface area (Å²) in [5, 5.41) is 7.12. The molecule has 0 fully saturated rings. The van der Waals surface area contributed by atoms with Crippen LogP contribution in [0, 0.1) is 0 Å². The second-order valence-corrected chi connectivity index (χ2v) is 13.5. The number of benzene rings is 4. The first-order valence-electron chi connectivity index (χ1n) is 18.5. The SMILES string of the molecule is CCCN(Cc1ncc(-c2ccc(-c3ccc4cc(-c5cnc(CN(CC(C)=O)C(=O)CNC=O)[nH]5)ccc4c3)cc2)[nH]1)C(=O)C(NC(=O)OC)c1ccccc1. The molecule has 0 spiro atoms. The Hall–Kier alpha value is -7.09. The van der Waals surface area contributed by atoms with Gasteiger partial charge in [0.15, 0.2) is 0 Å². The largest absolute Gasteiger partial charge is 0.453 e. The first kappa shape index (κ1) is 39.6. The van der Waals surface area contributed by atoms with Crippen molar-refractivity contribution in [2.75, 3.05) is 26.7 Å². The first-order valence-corrected chi connectivity index (χ1v) is 18.5. The van der Waals surface area contributed by atoms with Gasteiger partial charge in [-0.3, -0.25) is 19.2 Å². The molecule has 292 valence electrons. The molecular formula is C43H44N8O6. The predicted octanol–water partition coefficient (Wildman–Crippen LogP) is 5.79. The molecule has 0 aliphatic carbocycles. The number of Topliss-reactive ketones (excluding diaryl/α,β-unsaturated/α-hetero) is 1. The number of rotatable bonds is 17. The Morgan fingerprint density at radius 1 is 0.772 bits per heavy atom.